The van der Waals surface area contributed by atoms with Gasteiger partial charge in [0.25, 0.3) is 0 Å². The second-order valence-corrected chi connectivity index (χ2v) is 9.26. The number of halogens is 3. The lowest BCUT2D eigenvalue weighted by atomic mass is 10.2. The van der Waals surface area contributed by atoms with Crippen molar-refractivity contribution in [1.29, 1.82) is 0 Å². The fraction of sp³-hybridized carbons (Fsp3) is 0.250. The molecule has 0 saturated carbocycles. The first-order valence-electron chi connectivity index (χ1n) is 8.90. The van der Waals surface area contributed by atoms with Gasteiger partial charge in [-0.1, -0.05) is 22.0 Å². The van der Waals surface area contributed by atoms with Crippen molar-refractivity contribution in [2.75, 3.05) is 6.61 Å². The number of pyridine rings is 1. The lowest BCUT2D eigenvalue weighted by Crippen LogP contribution is -2.37. The smallest absolute Gasteiger partial charge is 0.394 e. The molecule has 10 heteroatoms. The van der Waals surface area contributed by atoms with Crippen molar-refractivity contribution in [2.45, 2.75) is 30.9 Å². The summed E-state index contributed by atoms with van der Waals surface area (Å²) < 4.78 is 65.3. The van der Waals surface area contributed by atoms with Crippen molar-refractivity contribution in [2.24, 2.45) is 0 Å². The molecule has 0 fully saturated rings. The van der Waals surface area contributed by atoms with E-state index in [1.54, 1.807) is 31.3 Å². The molecule has 1 aromatic heterocycles. The van der Waals surface area contributed by atoms with E-state index in [1.165, 1.54) is 18.2 Å². The second-order valence-electron chi connectivity index (χ2n) is 6.66. The Morgan fingerprint density at radius 2 is 1.93 bits per heavy atom. The number of rotatable bonds is 8. The Hall–Kier alpha value is -2.30. The lowest BCUT2D eigenvalue weighted by molar-refractivity contribution is -0.160. The molecule has 2 aromatic carbocycles. The van der Waals surface area contributed by atoms with E-state index in [2.05, 4.69) is 30.4 Å². The number of ether oxygens (including phenoxy) is 2. The maximum absolute atomic E-state index is 13.3. The zero-order valence-electron chi connectivity index (χ0n) is 16.1. The van der Waals surface area contributed by atoms with Crippen LogP contribution in [0, 0.1) is 0 Å². The van der Waals surface area contributed by atoms with Crippen LogP contribution in [-0.2, 0) is 10.0 Å². The van der Waals surface area contributed by atoms with Crippen LogP contribution >= 0.6 is 15.9 Å². The predicted molar refractivity (Wildman–Crippen MR) is 112 cm³/mol. The minimum atomic E-state index is -4.15. The molecule has 1 N–H and O–H groups in total. The number of nitrogens with one attached hydrogen (secondary N) is 1. The Kier molecular flexibility index (Phi) is 6.59. The minimum absolute atomic E-state index is 0.0178. The maximum atomic E-state index is 13.3. The molecule has 3 aromatic rings. The third-order valence-corrected chi connectivity index (χ3v) is 6.06. The number of benzene rings is 2. The Balaban J connectivity index is 1.75. The first-order chi connectivity index (χ1) is 14.0. The third kappa shape index (κ3) is 5.65. The molecule has 1 atom stereocenters. The van der Waals surface area contributed by atoms with Crippen LogP contribution in [0.3, 0.4) is 0 Å². The first-order valence-corrected chi connectivity index (χ1v) is 11.2. The van der Waals surface area contributed by atoms with E-state index in [4.69, 9.17) is 4.74 Å². The number of aromatic nitrogens is 1. The average molecular weight is 501 g/mol. The van der Waals surface area contributed by atoms with Crippen LogP contribution in [-0.4, -0.2) is 32.2 Å². The molecule has 3 rings (SSSR count). The number of fused-ring (bicyclic) bond motifs is 1. The molecular formula is C20H19BrF2N2O4S. The highest BCUT2D eigenvalue weighted by atomic mass is 79.9. The van der Waals surface area contributed by atoms with E-state index in [9.17, 15) is 17.2 Å². The van der Waals surface area contributed by atoms with Crippen molar-refractivity contribution >= 4 is 36.9 Å². The van der Waals surface area contributed by atoms with Gasteiger partial charge in [-0.05, 0) is 49.4 Å². The standard InChI is InChI=1S/C20H19BrF2N2O4S/c1-13(12-28-17-7-3-6-16-15(17)5-4-10-24-16)25-30(26,27)19-9-8-14(21)11-18(19)29-20(2,22)23/h3-11,13,25H,12H2,1-2H3/t13-/m0/s1. The van der Waals surface area contributed by atoms with Gasteiger partial charge in [-0.15, -0.1) is 0 Å². The molecule has 30 heavy (non-hydrogen) atoms. The van der Waals surface area contributed by atoms with Gasteiger partial charge in [-0.3, -0.25) is 4.98 Å². The fourth-order valence-corrected chi connectivity index (χ4v) is 4.43. The number of sulfonamides is 1. The van der Waals surface area contributed by atoms with E-state index in [0.717, 1.165) is 10.9 Å². The molecular weight excluding hydrogens is 482 g/mol. The summed E-state index contributed by atoms with van der Waals surface area (Å²) >= 11 is 3.13. The van der Waals surface area contributed by atoms with Gasteiger partial charge in [0.05, 0.1) is 11.6 Å². The summed E-state index contributed by atoms with van der Waals surface area (Å²) in [6, 6.07) is 12.2. The highest BCUT2D eigenvalue weighted by Crippen LogP contribution is 2.31. The summed E-state index contributed by atoms with van der Waals surface area (Å²) in [7, 11) is -4.15. The summed E-state index contributed by atoms with van der Waals surface area (Å²) in [6.07, 6.45) is -1.87. The molecule has 0 radical (unpaired) electrons. The highest BCUT2D eigenvalue weighted by molar-refractivity contribution is 9.10. The van der Waals surface area contributed by atoms with Crippen LogP contribution in [0.5, 0.6) is 11.5 Å². The number of hydrogen-bond donors (Lipinski definition) is 1. The zero-order chi connectivity index (χ0) is 21.9. The monoisotopic (exact) mass is 500 g/mol. The predicted octanol–water partition coefficient (Wildman–Crippen LogP) is 4.73. The van der Waals surface area contributed by atoms with Crippen LogP contribution in [0.15, 0.2) is 64.1 Å². The Morgan fingerprint density at radius 1 is 1.17 bits per heavy atom. The summed E-state index contributed by atoms with van der Waals surface area (Å²) in [5.74, 6) is 0.0996. The first kappa shape index (κ1) is 22.4. The van der Waals surface area contributed by atoms with E-state index in [-0.39, 0.29) is 6.61 Å². The summed E-state index contributed by atoms with van der Waals surface area (Å²) in [4.78, 5) is 3.85. The van der Waals surface area contributed by atoms with Crippen LogP contribution in [0.1, 0.15) is 13.8 Å². The van der Waals surface area contributed by atoms with Crippen LogP contribution in [0.2, 0.25) is 0 Å². The highest BCUT2D eigenvalue weighted by Gasteiger charge is 2.29. The molecule has 160 valence electrons. The fourth-order valence-electron chi connectivity index (χ4n) is 2.75. The van der Waals surface area contributed by atoms with Gasteiger partial charge in [0.1, 0.15) is 23.0 Å². The molecule has 0 bridgehead atoms. The van der Waals surface area contributed by atoms with Gasteiger partial charge >= 0.3 is 6.11 Å². The van der Waals surface area contributed by atoms with Crippen molar-refractivity contribution in [3.63, 3.8) is 0 Å². The topological polar surface area (TPSA) is 77.5 Å². The van der Waals surface area contributed by atoms with Gasteiger partial charge in [-0.25, -0.2) is 13.1 Å². The summed E-state index contributed by atoms with van der Waals surface area (Å²) in [5, 5.41) is 0.795. The summed E-state index contributed by atoms with van der Waals surface area (Å²) in [6.45, 7) is 2.16. The van der Waals surface area contributed by atoms with E-state index < -0.39 is 32.8 Å². The molecule has 0 unspecified atom stereocenters. The molecule has 0 aliphatic carbocycles. The molecule has 0 aliphatic rings. The van der Waals surface area contributed by atoms with Crippen molar-refractivity contribution in [1.82, 2.24) is 9.71 Å². The van der Waals surface area contributed by atoms with Gasteiger partial charge < -0.3 is 9.47 Å². The van der Waals surface area contributed by atoms with Crippen molar-refractivity contribution < 1.29 is 26.7 Å². The largest absolute Gasteiger partial charge is 0.491 e. The Labute approximate surface area is 181 Å². The zero-order valence-corrected chi connectivity index (χ0v) is 18.5. The summed E-state index contributed by atoms with van der Waals surface area (Å²) in [5.41, 5.74) is 0.750. The second kappa shape index (κ2) is 8.83. The van der Waals surface area contributed by atoms with E-state index in [1.807, 2.05) is 12.1 Å². The van der Waals surface area contributed by atoms with Crippen LogP contribution < -0.4 is 14.2 Å². The normalized spacial score (nSPS) is 13.2. The third-order valence-electron chi connectivity index (χ3n) is 3.94. The molecule has 0 saturated heterocycles. The molecule has 1 heterocycles. The van der Waals surface area contributed by atoms with Crippen LogP contribution in [0.4, 0.5) is 8.78 Å². The number of alkyl halides is 2. The van der Waals surface area contributed by atoms with Gasteiger partial charge in [-0.2, -0.15) is 8.78 Å². The van der Waals surface area contributed by atoms with Gasteiger partial charge in [0, 0.05) is 23.0 Å². The number of nitrogens with zero attached hydrogens (tertiary/aromatic N) is 1. The quantitative estimate of drug-likeness (QED) is 0.483. The lowest BCUT2D eigenvalue weighted by Gasteiger charge is -2.19. The molecule has 0 spiro atoms. The Morgan fingerprint density at radius 3 is 2.67 bits per heavy atom. The van der Waals surface area contributed by atoms with Crippen molar-refractivity contribution in [3.05, 3.63) is 59.2 Å². The minimum Gasteiger partial charge on any atom is -0.491 e. The van der Waals surface area contributed by atoms with E-state index >= 15 is 0 Å². The van der Waals surface area contributed by atoms with Gasteiger partial charge in [0.2, 0.25) is 10.0 Å². The molecule has 0 amide bonds. The maximum Gasteiger partial charge on any atom is 0.394 e. The van der Waals surface area contributed by atoms with Gasteiger partial charge in [0.15, 0.2) is 0 Å². The van der Waals surface area contributed by atoms with Crippen LogP contribution in [0.25, 0.3) is 10.9 Å². The molecule has 0 aliphatic heterocycles. The van der Waals surface area contributed by atoms with Crippen molar-refractivity contribution in [3.8, 4) is 11.5 Å². The van der Waals surface area contributed by atoms with E-state index in [0.29, 0.717) is 17.1 Å². The SMILES string of the molecule is C[C@@H](COc1cccc2ncccc12)NS(=O)(=O)c1ccc(Br)cc1OC(C)(F)F. The Bertz CT molecular complexity index is 1150. The number of hydrogen-bond acceptors (Lipinski definition) is 5. The molecule has 6 nitrogen and oxygen atoms in total. The average Bonchev–Trinajstić information content (AvgIpc) is 2.64.